The van der Waals surface area contributed by atoms with E-state index in [-0.39, 0.29) is 0 Å². The van der Waals surface area contributed by atoms with Crippen molar-refractivity contribution >= 4 is 160 Å². The molecule has 0 radical (unpaired) electrons. The molecule has 0 aliphatic heterocycles. The Labute approximate surface area is 257 Å². The van der Waals surface area contributed by atoms with Crippen molar-refractivity contribution in [1.29, 1.82) is 0 Å². The van der Waals surface area contributed by atoms with E-state index in [1.165, 1.54) is 0 Å². The fourth-order valence-corrected chi connectivity index (χ4v) is 10.9. The molecule has 0 fully saturated rings. The van der Waals surface area contributed by atoms with Crippen molar-refractivity contribution in [1.82, 2.24) is 0 Å². The van der Waals surface area contributed by atoms with Gasteiger partial charge in [0.2, 0.25) is 0 Å². The van der Waals surface area contributed by atoms with Gasteiger partial charge in [-0.05, 0) is 0 Å². The highest BCUT2D eigenvalue weighted by Gasteiger charge is 2.11. The first-order valence-electron chi connectivity index (χ1n) is 9.97. The fraction of sp³-hybridized carbons (Fsp3) is 1.00. The van der Waals surface area contributed by atoms with Gasteiger partial charge in [-0.15, -0.1) is 0 Å². The van der Waals surface area contributed by atoms with Gasteiger partial charge in [-0.2, -0.15) is 160 Å². The number of hydrogen-bond acceptors (Lipinski definition) is 13. The van der Waals surface area contributed by atoms with Gasteiger partial charge in [0, 0.05) is 101 Å². The van der Waals surface area contributed by atoms with E-state index in [1.807, 2.05) is 58.8 Å². The lowest BCUT2D eigenvalue weighted by Gasteiger charge is -2.16. The molecule has 0 rings (SSSR count). The maximum Gasteiger partial charge on any atom is 0.0198 e. The van der Waals surface area contributed by atoms with Crippen LogP contribution < -0.4 is 0 Å². The van der Waals surface area contributed by atoms with Crippen molar-refractivity contribution in [2.24, 2.45) is 0 Å². The smallest absolute Gasteiger partial charge is 0.0198 e. The van der Waals surface area contributed by atoms with Gasteiger partial charge >= 0.3 is 0 Å². The van der Waals surface area contributed by atoms with Crippen LogP contribution in [0.4, 0.5) is 0 Å². The number of hydrogen-bond donors (Lipinski definition) is 8. The lowest BCUT2D eigenvalue weighted by Crippen LogP contribution is -2.15. The van der Waals surface area contributed by atoms with E-state index in [0.717, 1.165) is 69.0 Å². The normalized spacial score (nSPS) is 17.8. The molecule has 0 aromatic heterocycles. The van der Waals surface area contributed by atoms with Gasteiger partial charge in [0.15, 0.2) is 0 Å². The van der Waals surface area contributed by atoms with Crippen LogP contribution in [0.3, 0.4) is 0 Å². The third-order valence-corrected chi connectivity index (χ3v) is 16.0. The minimum Gasteiger partial charge on any atom is -0.178 e. The summed E-state index contributed by atoms with van der Waals surface area (Å²) < 4.78 is 0. The van der Waals surface area contributed by atoms with E-state index in [1.54, 1.807) is 0 Å². The van der Waals surface area contributed by atoms with Crippen LogP contribution in [0.1, 0.15) is 0 Å². The fourth-order valence-electron chi connectivity index (χ4n) is 2.00. The zero-order valence-electron chi connectivity index (χ0n) is 17.6. The van der Waals surface area contributed by atoms with Crippen LogP contribution in [-0.4, -0.2) is 101 Å². The van der Waals surface area contributed by atoms with Crippen LogP contribution in [0.2, 0.25) is 0 Å². The molecule has 0 aliphatic carbocycles. The molecule has 0 heterocycles. The summed E-state index contributed by atoms with van der Waals surface area (Å²) in [6.07, 6.45) is 0. The Bertz CT molecular complexity index is 355. The predicted molar refractivity (Wildman–Crippen MR) is 191 cm³/mol. The van der Waals surface area contributed by atoms with Crippen LogP contribution in [0.15, 0.2) is 0 Å². The summed E-state index contributed by atoms with van der Waals surface area (Å²) in [5, 5.41) is 2.46. The molecule has 0 aliphatic rings. The van der Waals surface area contributed by atoms with Crippen LogP contribution in [0.25, 0.3) is 0 Å². The molecule has 0 nitrogen and oxygen atoms in total. The molecule has 188 valence electrons. The Kier molecular flexibility index (Phi) is 28.5. The molecule has 0 N–H and O–H groups in total. The molecule has 0 spiro atoms. The van der Waals surface area contributed by atoms with E-state index in [9.17, 15) is 0 Å². The second kappa shape index (κ2) is 24.9. The number of rotatable bonds is 22. The van der Waals surface area contributed by atoms with Gasteiger partial charge in [0.25, 0.3) is 0 Å². The lowest BCUT2D eigenvalue weighted by molar-refractivity contribution is 1.10. The van der Waals surface area contributed by atoms with Crippen molar-refractivity contribution in [3.05, 3.63) is 0 Å². The van der Waals surface area contributed by atoms with Crippen LogP contribution >= 0.6 is 160 Å². The second-order valence-corrected chi connectivity index (χ2v) is 17.5. The molecule has 13 heteroatoms. The van der Waals surface area contributed by atoms with Gasteiger partial charge < -0.3 is 0 Å². The monoisotopic (exact) mass is 670 g/mol. The first-order valence-corrected chi connectivity index (χ1v) is 20.1. The molecule has 6 atom stereocenters. The highest BCUT2D eigenvalue weighted by molar-refractivity contribution is 8.04. The first-order chi connectivity index (χ1) is 14.8. The maximum atomic E-state index is 4.75. The molecule has 31 heavy (non-hydrogen) atoms. The Morgan fingerprint density at radius 1 is 0.323 bits per heavy atom. The Balaban J connectivity index is 3.60. The standard InChI is InChI=1S/C18H38S13/c19-1-13(21)3-27-5-15(23)7-29-9-17(25)11-31-12-18(26)10-30-8-16(24)6-28-4-14(22)2-20/h13-26H,1-12H2. The number of thiol groups is 8. The van der Waals surface area contributed by atoms with Crippen LogP contribution in [0.5, 0.6) is 0 Å². The summed E-state index contributed by atoms with van der Waals surface area (Å²) in [6.45, 7) is 0. The first kappa shape index (κ1) is 35.5. The third kappa shape index (κ3) is 24.6. The molecule has 0 amide bonds. The van der Waals surface area contributed by atoms with E-state index in [0.29, 0.717) is 31.5 Å². The average Bonchev–Trinajstić information content (AvgIpc) is 2.73. The zero-order chi connectivity index (χ0) is 23.5. The van der Waals surface area contributed by atoms with Crippen molar-refractivity contribution in [2.75, 3.05) is 69.0 Å². The van der Waals surface area contributed by atoms with Crippen molar-refractivity contribution in [2.45, 2.75) is 31.5 Å². The molecule has 0 aromatic carbocycles. The molecular formula is C18H38S13. The minimum absolute atomic E-state index is 0.377. The Hall–Kier alpha value is 4.55. The SMILES string of the molecule is SCC(S)CSCC(S)CSCC(S)CSCC(S)CSCC(S)CSCC(S)CS. The lowest BCUT2D eigenvalue weighted by atomic mass is 10.5. The molecule has 0 bridgehead atoms. The average molecular weight is 671 g/mol. The maximum absolute atomic E-state index is 4.75. The highest BCUT2D eigenvalue weighted by atomic mass is 32.2. The van der Waals surface area contributed by atoms with E-state index >= 15 is 0 Å². The van der Waals surface area contributed by atoms with Gasteiger partial charge in [-0.25, -0.2) is 0 Å². The van der Waals surface area contributed by atoms with Gasteiger partial charge in [0.1, 0.15) is 0 Å². The highest BCUT2D eigenvalue weighted by Crippen LogP contribution is 2.22. The predicted octanol–water partition coefficient (Wildman–Crippen LogP) is 6.30. The minimum atomic E-state index is 0.377. The third-order valence-electron chi connectivity index (χ3n) is 3.52. The summed E-state index contributed by atoms with van der Waals surface area (Å²) in [7, 11) is 0. The summed E-state index contributed by atoms with van der Waals surface area (Å²) in [4.78, 5) is 0. The quantitative estimate of drug-likeness (QED) is 0.0636. The van der Waals surface area contributed by atoms with Crippen LogP contribution in [-0.2, 0) is 0 Å². The summed E-state index contributed by atoms with van der Waals surface area (Å²) in [5.41, 5.74) is 0. The largest absolute Gasteiger partial charge is 0.178 e. The van der Waals surface area contributed by atoms with Gasteiger partial charge in [-0.1, -0.05) is 0 Å². The summed E-state index contributed by atoms with van der Waals surface area (Å²) in [6, 6.07) is 0. The van der Waals surface area contributed by atoms with Gasteiger partial charge in [0.05, 0.1) is 0 Å². The second-order valence-electron chi connectivity index (χ2n) is 6.98. The molecule has 6 unspecified atom stereocenters. The Morgan fingerprint density at radius 3 is 0.645 bits per heavy atom. The van der Waals surface area contributed by atoms with Crippen molar-refractivity contribution in [3.8, 4) is 0 Å². The van der Waals surface area contributed by atoms with E-state index in [2.05, 4.69) is 50.5 Å². The number of thioether (sulfide) groups is 5. The summed E-state index contributed by atoms with van der Waals surface area (Å²) in [5.74, 6) is 12.4. The van der Waals surface area contributed by atoms with Crippen LogP contribution in [0, 0.1) is 0 Å². The van der Waals surface area contributed by atoms with E-state index in [4.69, 9.17) is 50.5 Å². The van der Waals surface area contributed by atoms with Gasteiger partial charge in [-0.3, -0.25) is 0 Å². The molecule has 0 saturated carbocycles. The molecule has 0 saturated heterocycles. The molecule has 0 aromatic rings. The van der Waals surface area contributed by atoms with Crippen molar-refractivity contribution in [3.63, 3.8) is 0 Å². The zero-order valence-corrected chi connectivity index (χ0v) is 28.8. The van der Waals surface area contributed by atoms with E-state index < -0.39 is 0 Å². The Morgan fingerprint density at radius 2 is 0.484 bits per heavy atom. The van der Waals surface area contributed by atoms with Crippen molar-refractivity contribution < 1.29 is 0 Å². The topological polar surface area (TPSA) is 0 Å². The summed E-state index contributed by atoms with van der Waals surface area (Å²) >= 11 is 46.1. The molecular weight excluding hydrogens is 633 g/mol.